The number of ether oxygens (including phenoxy) is 2. The predicted molar refractivity (Wildman–Crippen MR) is 155 cm³/mol. The molecule has 1 aromatic rings. The van der Waals surface area contributed by atoms with E-state index in [0.29, 0.717) is 44.3 Å². The van der Waals surface area contributed by atoms with Crippen LogP contribution in [0.1, 0.15) is 84.0 Å². The van der Waals surface area contributed by atoms with Crippen LogP contribution in [0.4, 0.5) is 5.82 Å². The highest BCUT2D eigenvalue weighted by molar-refractivity contribution is 7.98. The number of carbonyl (C=O) groups is 1. The van der Waals surface area contributed by atoms with Gasteiger partial charge in [-0.1, -0.05) is 31.8 Å². The summed E-state index contributed by atoms with van der Waals surface area (Å²) in [4.78, 5) is 28.6. The second-order valence-electron chi connectivity index (χ2n) is 11.3. The van der Waals surface area contributed by atoms with E-state index in [2.05, 4.69) is 49.7 Å². The molecule has 2 aliphatic heterocycles. The second-order valence-corrected chi connectivity index (χ2v) is 12.1. The lowest BCUT2D eigenvalue weighted by molar-refractivity contribution is -0.206. The van der Waals surface area contributed by atoms with Gasteiger partial charge in [0.25, 0.3) is 0 Å². The first-order valence-corrected chi connectivity index (χ1v) is 16.0. The first kappa shape index (κ1) is 30.2. The van der Waals surface area contributed by atoms with Gasteiger partial charge in [-0.3, -0.25) is 4.79 Å². The van der Waals surface area contributed by atoms with Gasteiger partial charge in [0.05, 0.1) is 25.0 Å². The number of aromatic nitrogens is 2. The van der Waals surface area contributed by atoms with Gasteiger partial charge in [-0.05, 0) is 65.8 Å². The van der Waals surface area contributed by atoms with E-state index in [1.165, 1.54) is 0 Å². The minimum atomic E-state index is -0.873. The maximum absolute atomic E-state index is 14.0. The Labute approximate surface area is 238 Å². The SMILES string of the molecule is CCCCC1(C2CCCC(/C(=N/O)c3nc(SC)c4c(n3)N(C(C)C(C)N(C)CCC)CC4)C2=O)OCCO1. The van der Waals surface area contributed by atoms with Gasteiger partial charge in [-0.25, -0.2) is 9.97 Å². The molecule has 0 aromatic carbocycles. The lowest BCUT2D eigenvalue weighted by Gasteiger charge is -2.39. The Hall–Kier alpha value is -1.75. The Bertz CT molecular complexity index is 1030. The van der Waals surface area contributed by atoms with Crippen molar-refractivity contribution < 1.29 is 19.5 Å². The molecular formula is C29H47N5O4S. The van der Waals surface area contributed by atoms with E-state index in [1.807, 2.05) is 6.26 Å². The van der Waals surface area contributed by atoms with Gasteiger partial charge < -0.3 is 24.5 Å². The lowest BCUT2D eigenvalue weighted by Crippen LogP contribution is -2.49. The summed E-state index contributed by atoms with van der Waals surface area (Å²) >= 11 is 1.58. The van der Waals surface area contributed by atoms with Crippen LogP contribution in [0.3, 0.4) is 0 Å². The molecule has 218 valence electrons. The fourth-order valence-electron chi connectivity index (χ4n) is 6.56. The van der Waals surface area contributed by atoms with Gasteiger partial charge in [0.2, 0.25) is 0 Å². The molecule has 1 saturated carbocycles. The minimum absolute atomic E-state index is 0.0156. The van der Waals surface area contributed by atoms with Gasteiger partial charge >= 0.3 is 0 Å². The van der Waals surface area contributed by atoms with Crippen LogP contribution in [-0.4, -0.2) is 89.0 Å². The number of hydrogen-bond acceptors (Lipinski definition) is 10. The Kier molecular flexibility index (Phi) is 10.3. The van der Waals surface area contributed by atoms with E-state index < -0.39 is 11.7 Å². The summed E-state index contributed by atoms with van der Waals surface area (Å²) in [6.45, 7) is 11.8. The molecule has 4 rings (SSSR count). The van der Waals surface area contributed by atoms with Gasteiger partial charge in [0.15, 0.2) is 17.4 Å². The van der Waals surface area contributed by atoms with Crippen molar-refractivity contribution in [3.63, 3.8) is 0 Å². The monoisotopic (exact) mass is 561 g/mol. The maximum atomic E-state index is 14.0. The highest BCUT2D eigenvalue weighted by Gasteiger charge is 2.51. The minimum Gasteiger partial charge on any atom is -0.411 e. The largest absolute Gasteiger partial charge is 0.411 e. The zero-order chi connectivity index (χ0) is 28.2. The molecule has 4 atom stereocenters. The molecular weight excluding hydrogens is 514 g/mol. The van der Waals surface area contributed by atoms with Gasteiger partial charge in [-0.15, -0.1) is 11.8 Å². The van der Waals surface area contributed by atoms with Crippen molar-refractivity contribution in [2.24, 2.45) is 17.0 Å². The fourth-order valence-corrected chi connectivity index (χ4v) is 7.17. The lowest BCUT2D eigenvalue weighted by atomic mass is 9.73. The van der Waals surface area contributed by atoms with Crippen LogP contribution in [0, 0.1) is 11.8 Å². The van der Waals surface area contributed by atoms with Crippen LogP contribution < -0.4 is 4.90 Å². The Morgan fingerprint density at radius 2 is 1.97 bits per heavy atom. The molecule has 0 spiro atoms. The van der Waals surface area contributed by atoms with Gasteiger partial charge in [0, 0.05) is 30.6 Å². The van der Waals surface area contributed by atoms with Crippen molar-refractivity contribution in [3.8, 4) is 0 Å². The number of nitrogens with zero attached hydrogens (tertiary/aromatic N) is 5. The number of ketones is 1. The summed E-state index contributed by atoms with van der Waals surface area (Å²) in [6, 6.07) is 0.579. The summed E-state index contributed by atoms with van der Waals surface area (Å²) in [5.41, 5.74) is 1.40. The molecule has 3 aliphatic rings. The average molecular weight is 562 g/mol. The molecule has 0 bridgehead atoms. The normalized spacial score (nSPS) is 24.8. The van der Waals surface area contributed by atoms with Crippen LogP contribution in [0.2, 0.25) is 0 Å². The third-order valence-corrected chi connectivity index (χ3v) is 9.73. The van der Waals surface area contributed by atoms with E-state index in [0.717, 1.165) is 61.6 Å². The van der Waals surface area contributed by atoms with Gasteiger partial charge in [-0.2, -0.15) is 0 Å². The number of likely N-dealkylation sites (N-methyl/N-ethyl adjacent to an activating group) is 1. The predicted octanol–water partition coefficient (Wildman–Crippen LogP) is 4.78. The summed E-state index contributed by atoms with van der Waals surface area (Å²) in [5.74, 6) is -0.581. The average Bonchev–Trinajstić information content (AvgIpc) is 3.60. The van der Waals surface area contributed by atoms with E-state index >= 15 is 0 Å². The first-order chi connectivity index (χ1) is 18.8. The first-order valence-electron chi connectivity index (χ1n) is 14.8. The maximum Gasteiger partial charge on any atom is 0.181 e. The third kappa shape index (κ3) is 5.99. The van der Waals surface area contributed by atoms with Crippen molar-refractivity contribution in [3.05, 3.63) is 11.4 Å². The zero-order valence-electron chi connectivity index (χ0n) is 24.6. The summed E-state index contributed by atoms with van der Waals surface area (Å²) < 4.78 is 12.3. The molecule has 1 aliphatic carbocycles. The number of unbranched alkanes of at least 4 members (excludes halogenated alkanes) is 1. The quantitative estimate of drug-likeness (QED) is 0.127. The summed E-state index contributed by atoms with van der Waals surface area (Å²) in [5, 5.41) is 14.9. The highest BCUT2D eigenvalue weighted by atomic mass is 32.2. The molecule has 2 fully saturated rings. The van der Waals surface area contributed by atoms with E-state index in [-0.39, 0.29) is 23.5 Å². The molecule has 3 heterocycles. The molecule has 1 aromatic heterocycles. The number of anilines is 1. The van der Waals surface area contributed by atoms with E-state index in [9.17, 15) is 10.0 Å². The van der Waals surface area contributed by atoms with Crippen molar-refractivity contribution in [2.45, 2.75) is 102 Å². The molecule has 4 unspecified atom stereocenters. The van der Waals surface area contributed by atoms with Crippen molar-refractivity contribution in [1.82, 2.24) is 14.9 Å². The van der Waals surface area contributed by atoms with Crippen LogP contribution in [0.5, 0.6) is 0 Å². The third-order valence-electron chi connectivity index (χ3n) is 9.00. The van der Waals surface area contributed by atoms with Gasteiger partial charge in [0.1, 0.15) is 16.6 Å². The van der Waals surface area contributed by atoms with Crippen molar-refractivity contribution in [2.75, 3.05) is 44.5 Å². The zero-order valence-corrected chi connectivity index (χ0v) is 25.4. The molecule has 0 radical (unpaired) electrons. The van der Waals surface area contributed by atoms with Crippen LogP contribution in [-0.2, 0) is 20.7 Å². The van der Waals surface area contributed by atoms with Crippen LogP contribution >= 0.6 is 11.8 Å². The number of carbonyl (C=O) groups excluding carboxylic acids is 1. The molecule has 10 heteroatoms. The Balaban J connectivity index is 1.65. The van der Waals surface area contributed by atoms with Crippen LogP contribution in [0.25, 0.3) is 0 Å². The Morgan fingerprint density at radius 1 is 1.23 bits per heavy atom. The fraction of sp³-hybridized carbons (Fsp3) is 0.793. The standard InChI is InChI=1S/C29H47N5O4S/c1-7-9-14-29(37-17-18-38-29)23-12-10-11-21(25(23)35)24(32-36)26-30-27-22(28(31-26)39-6)13-16-34(27)20(4)19(3)33(5)15-8-2/h19-21,23,36H,7-18H2,1-6H3/b32-24-. The summed E-state index contributed by atoms with van der Waals surface area (Å²) in [7, 11) is 2.17. The molecule has 39 heavy (non-hydrogen) atoms. The Morgan fingerprint density at radius 3 is 2.62 bits per heavy atom. The number of thioether (sulfide) groups is 1. The number of fused-ring (bicyclic) bond motifs is 1. The summed E-state index contributed by atoms with van der Waals surface area (Å²) in [6.07, 6.45) is 8.78. The smallest absolute Gasteiger partial charge is 0.181 e. The van der Waals surface area contributed by atoms with Crippen LogP contribution in [0.15, 0.2) is 10.2 Å². The molecule has 0 amide bonds. The molecule has 1 N–H and O–H groups in total. The number of rotatable bonds is 12. The molecule has 9 nitrogen and oxygen atoms in total. The van der Waals surface area contributed by atoms with Crippen molar-refractivity contribution >= 4 is 29.1 Å². The number of oxime groups is 1. The number of hydrogen-bond donors (Lipinski definition) is 1. The van der Waals surface area contributed by atoms with E-state index in [1.54, 1.807) is 11.8 Å². The molecule has 1 saturated heterocycles. The number of Topliss-reactive ketones (excluding diaryl/α,β-unsaturated/α-hetero) is 1. The van der Waals surface area contributed by atoms with Crippen molar-refractivity contribution in [1.29, 1.82) is 0 Å². The van der Waals surface area contributed by atoms with E-state index in [4.69, 9.17) is 19.4 Å². The topological polar surface area (TPSA) is 100 Å². The second kappa shape index (κ2) is 13.3. The highest BCUT2D eigenvalue weighted by Crippen LogP contribution is 2.43.